The van der Waals surface area contributed by atoms with E-state index < -0.39 is 0 Å². The molecule has 3 rings (SSSR count). The Morgan fingerprint density at radius 3 is 3.11 bits per heavy atom. The molecule has 1 saturated heterocycles. The molecule has 2 aliphatic rings. The molecule has 0 atom stereocenters. The van der Waals surface area contributed by atoms with Crippen LogP contribution in [0.1, 0.15) is 38.4 Å². The van der Waals surface area contributed by atoms with Crippen molar-refractivity contribution in [2.45, 2.75) is 51.2 Å². The predicted octanol–water partition coefficient (Wildman–Crippen LogP) is 1.80. The molecular weight excluding hydrogens is 246 g/mol. The van der Waals surface area contributed by atoms with Crippen molar-refractivity contribution in [3.63, 3.8) is 0 Å². The molecule has 0 unspecified atom stereocenters. The van der Waals surface area contributed by atoms with Crippen LogP contribution < -0.4 is 5.32 Å². The van der Waals surface area contributed by atoms with Gasteiger partial charge in [0.15, 0.2) is 11.0 Å². The zero-order chi connectivity index (χ0) is 12.4. The molecule has 5 nitrogen and oxygen atoms in total. The molecule has 1 aliphatic heterocycles. The molecule has 1 aromatic heterocycles. The first-order valence-corrected chi connectivity index (χ1v) is 7.62. The number of rotatable bonds is 3. The van der Waals surface area contributed by atoms with Gasteiger partial charge in [-0.15, -0.1) is 10.2 Å². The second-order valence-corrected chi connectivity index (χ2v) is 6.02. The number of nitrogens with zero attached hydrogens (tertiary/aromatic N) is 4. The molecule has 2 fully saturated rings. The maximum atomic E-state index is 4.64. The number of thioether (sulfide) groups is 1. The topological polar surface area (TPSA) is 55.1 Å². The van der Waals surface area contributed by atoms with Crippen LogP contribution in [0.25, 0.3) is 0 Å². The zero-order valence-corrected chi connectivity index (χ0v) is 11.5. The van der Waals surface area contributed by atoms with Gasteiger partial charge in [-0.3, -0.25) is 4.99 Å². The Kier molecular flexibility index (Phi) is 3.28. The van der Waals surface area contributed by atoms with E-state index in [0.717, 1.165) is 17.5 Å². The average molecular weight is 265 g/mol. The van der Waals surface area contributed by atoms with Gasteiger partial charge < -0.3 is 9.88 Å². The Morgan fingerprint density at radius 1 is 1.50 bits per heavy atom. The Labute approximate surface area is 111 Å². The second kappa shape index (κ2) is 4.91. The molecule has 0 aromatic carbocycles. The highest BCUT2D eigenvalue weighted by Gasteiger charge is 2.39. The van der Waals surface area contributed by atoms with Gasteiger partial charge in [-0.05, 0) is 19.8 Å². The smallest absolute Gasteiger partial charge is 0.157 e. The Hall–Kier alpha value is -1.04. The van der Waals surface area contributed by atoms with Crippen LogP contribution in [0.4, 0.5) is 0 Å². The largest absolute Gasteiger partial charge is 0.359 e. The summed E-state index contributed by atoms with van der Waals surface area (Å²) in [5.74, 6) is 2.12. The first kappa shape index (κ1) is 12.0. The molecule has 0 amide bonds. The lowest BCUT2D eigenvalue weighted by atomic mass is 10.0. The highest BCUT2D eigenvalue weighted by atomic mass is 32.2. The molecule has 0 radical (unpaired) electrons. The fourth-order valence-electron chi connectivity index (χ4n) is 2.72. The van der Waals surface area contributed by atoms with Crippen LogP contribution in [0.5, 0.6) is 0 Å². The standard InChI is InChI=1S/C12H19N5S/c1-2-17-9-14-16-10(17)7-13-11-15-12(8-18-11)5-3-4-6-12/h9H,2-8H2,1H3,(H,13,15). The molecule has 1 saturated carbocycles. The molecule has 1 spiro atoms. The molecule has 1 N–H and O–H groups in total. The lowest BCUT2D eigenvalue weighted by Gasteiger charge is -2.21. The minimum atomic E-state index is 0.349. The predicted molar refractivity (Wildman–Crippen MR) is 73.6 cm³/mol. The van der Waals surface area contributed by atoms with Crippen molar-refractivity contribution in [2.24, 2.45) is 4.99 Å². The van der Waals surface area contributed by atoms with E-state index in [1.165, 1.54) is 31.4 Å². The Morgan fingerprint density at radius 2 is 2.33 bits per heavy atom. The average Bonchev–Trinajstić information content (AvgIpc) is 3.10. The van der Waals surface area contributed by atoms with Gasteiger partial charge in [0.1, 0.15) is 12.9 Å². The molecular formula is C12H19N5S. The zero-order valence-electron chi connectivity index (χ0n) is 10.7. The van der Waals surface area contributed by atoms with Crippen molar-refractivity contribution in [1.82, 2.24) is 20.1 Å². The molecule has 6 heteroatoms. The Bertz CT molecular complexity index is 447. The third-order valence-electron chi connectivity index (χ3n) is 3.82. The van der Waals surface area contributed by atoms with Gasteiger partial charge in [0.25, 0.3) is 0 Å². The monoisotopic (exact) mass is 265 g/mol. The van der Waals surface area contributed by atoms with Gasteiger partial charge in [0.05, 0.1) is 0 Å². The minimum absolute atomic E-state index is 0.349. The molecule has 1 aromatic rings. The van der Waals surface area contributed by atoms with Crippen molar-refractivity contribution in [3.05, 3.63) is 12.2 Å². The number of hydrogen-bond donors (Lipinski definition) is 1. The van der Waals surface area contributed by atoms with E-state index in [1.54, 1.807) is 6.33 Å². The number of aryl methyl sites for hydroxylation is 1. The van der Waals surface area contributed by atoms with Gasteiger partial charge in [-0.1, -0.05) is 24.6 Å². The highest BCUT2D eigenvalue weighted by Crippen LogP contribution is 2.37. The van der Waals surface area contributed by atoms with E-state index in [4.69, 9.17) is 0 Å². The van der Waals surface area contributed by atoms with E-state index in [0.29, 0.717) is 12.1 Å². The summed E-state index contributed by atoms with van der Waals surface area (Å²) < 4.78 is 2.04. The van der Waals surface area contributed by atoms with Crippen molar-refractivity contribution in [3.8, 4) is 0 Å². The van der Waals surface area contributed by atoms with Gasteiger partial charge >= 0.3 is 0 Å². The highest BCUT2D eigenvalue weighted by molar-refractivity contribution is 8.14. The minimum Gasteiger partial charge on any atom is -0.359 e. The normalized spacial score (nSPS) is 23.9. The number of aromatic nitrogens is 3. The van der Waals surface area contributed by atoms with E-state index in [2.05, 4.69) is 27.4 Å². The van der Waals surface area contributed by atoms with E-state index in [1.807, 2.05) is 16.3 Å². The van der Waals surface area contributed by atoms with Crippen LogP contribution in [-0.2, 0) is 13.1 Å². The number of amidine groups is 1. The summed E-state index contributed by atoms with van der Waals surface area (Å²) in [6.45, 7) is 3.62. The second-order valence-electron chi connectivity index (χ2n) is 5.06. The van der Waals surface area contributed by atoms with Crippen LogP contribution in [-0.4, -0.2) is 31.2 Å². The SMILES string of the molecule is CCn1cnnc1CN=C1NC2(CCCC2)CS1. The van der Waals surface area contributed by atoms with Crippen molar-refractivity contribution in [1.29, 1.82) is 0 Å². The third-order valence-corrected chi connectivity index (χ3v) is 5.02. The summed E-state index contributed by atoms with van der Waals surface area (Å²) in [4.78, 5) is 4.64. The summed E-state index contributed by atoms with van der Waals surface area (Å²) in [6.07, 6.45) is 7.06. The first-order valence-electron chi connectivity index (χ1n) is 6.63. The third kappa shape index (κ3) is 2.25. The maximum Gasteiger partial charge on any atom is 0.157 e. The fraction of sp³-hybridized carbons (Fsp3) is 0.750. The summed E-state index contributed by atoms with van der Waals surface area (Å²) in [5, 5.41) is 12.7. The number of aliphatic imine (C=N–C) groups is 1. The number of nitrogens with one attached hydrogen (secondary N) is 1. The van der Waals surface area contributed by atoms with Crippen LogP contribution in [0.2, 0.25) is 0 Å². The van der Waals surface area contributed by atoms with Crippen molar-refractivity contribution < 1.29 is 0 Å². The quantitative estimate of drug-likeness (QED) is 0.905. The lowest BCUT2D eigenvalue weighted by Crippen LogP contribution is -2.40. The van der Waals surface area contributed by atoms with E-state index in [-0.39, 0.29) is 0 Å². The molecule has 18 heavy (non-hydrogen) atoms. The van der Waals surface area contributed by atoms with Crippen LogP contribution in [0.15, 0.2) is 11.3 Å². The van der Waals surface area contributed by atoms with Gasteiger partial charge in [0.2, 0.25) is 0 Å². The molecule has 2 heterocycles. The van der Waals surface area contributed by atoms with Crippen LogP contribution >= 0.6 is 11.8 Å². The Balaban J connectivity index is 1.64. The van der Waals surface area contributed by atoms with Gasteiger partial charge in [0, 0.05) is 17.8 Å². The molecule has 98 valence electrons. The van der Waals surface area contributed by atoms with Gasteiger partial charge in [-0.25, -0.2) is 0 Å². The van der Waals surface area contributed by atoms with E-state index in [9.17, 15) is 0 Å². The fourth-order valence-corrected chi connectivity index (χ4v) is 3.94. The van der Waals surface area contributed by atoms with Crippen molar-refractivity contribution >= 4 is 16.9 Å². The van der Waals surface area contributed by atoms with Gasteiger partial charge in [-0.2, -0.15) is 0 Å². The summed E-state index contributed by atoms with van der Waals surface area (Å²) in [5.41, 5.74) is 0.349. The number of hydrogen-bond acceptors (Lipinski definition) is 4. The lowest BCUT2D eigenvalue weighted by molar-refractivity contribution is 0.452. The van der Waals surface area contributed by atoms with E-state index >= 15 is 0 Å². The summed E-state index contributed by atoms with van der Waals surface area (Å²) in [6, 6.07) is 0. The molecule has 1 aliphatic carbocycles. The van der Waals surface area contributed by atoms with Crippen LogP contribution in [0, 0.1) is 0 Å². The molecule has 0 bridgehead atoms. The van der Waals surface area contributed by atoms with Crippen molar-refractivity contribution in [2.75, 3.05) is 5.75 Å². The first-order chi connectivity index (χ1) is 8.81. The summed E-state index contributed by atoms with van der Waals surface area (Å²) >= 11 is 1.86. The maximum absolute atomic E-state index is 4.64. The van der Waals surface area contributed by atoms with Crippen LogP contribution in [0.3, 0.4) is 0 Å². The summed E-state index contributed by atoms with van der Waals surface area (Å²) in [7, 11) is 0.